The van der Waals surface area contributed by atoms with Crippen molar-refractivity contribution >= 4 is 11.6 Å². The lowest BCUT2D eigenvalue weighted by atomic mass is 10.0. The fourth-order valence-electron chi connectivity index (χ4n) is 2.24. The SMILES string of the molecule is Fc1ccc(-c2nc(C(F)(F)F)nc(Cl)c2-c2ccccc2)cc1. The molecule has 2 aromatic carbocycles. The topological polar surface area (TPSA) is 25.8 Å². The molecule has 0 aliphatic carbocycles. The molecule has 0 aliphatic rings. The van der Waals surface area contributed by atoms with Crippen LogP contribution in [0.2, 0.25) is 5.15 Å². The second-order valence-corrected chi connectivity index (χ2v) is 5.29. The van der Waals surface area contributed by atoms with Gasteiger partial charge in [-0.05, 0) is 29.8 Å². The van der Waals surface area contributed by atoms with E-state index in [9.17, 15) is 17.6 Å². The van der Waals surface area contributed by atoms with Crippen molar-refractivity contribution < 1.29 is 17.6 Å². The van der Waals surface area contributed by atoms with Gasteiger partial charge in [0, 0.05) is 11.1 Å². The molecule has 7 heteroatoms. The number of hydrogen-bond donors (Lipinski definition) is 0. The van der Waals surface area contributed by atoms with Crippen LogP contribution in [0.25, 0.3) is 22.4 Å². The van der Waals surface area contributed by atoms with Crippen molar-refractivity contribution in [2.75, 3.05) is 0 Å². The van der Waals surface area contributed by atoms with E-state index < -0.39 is 17.8 Å². The van der Waals surface area contributed by atoms with E-state index in [1.165, 1.54) is 12.1 Å². The maximum Gasteiger partial charge on any atom is 0.451 e. The monoisotopic (exact) mass is 352 g/mol. The van der Waals surface area contributed by atoms with Gasteiger partial charge in [0.25, 0.3) is 0 Å². The van der Waals surface area contributed by atoms with E-state index in [4.69, 9.17) is 11.6 Å². The van der Waals surface area contributed by atoms with Gasteiger partial charge in [-0.15, -0.1) is 0 Å². The summed E-state index contributed by atoms with van der Waals surface area (Å²) in [7, 11) is 0. The molecule has 0 saturated carbocycles. The zero-order valence-electron chi connectivity index (χ0n) is 12.0. The van der Waals surface area contributed by atoms with Crippen molar-refractivity contribution in [2.45, 2.75) is 6.18 Å². The summed E-state index contributed by atoms with van der Waals surface area (Å²) in [6.45, 7) is 0. The lowest BCUT2D eigenvalue weighted by molar-refractivity contribution is -0.144. The van der Waals surface area contributed by atoms with Crippen LogP contribution in [0.15, 0.2) is 54.6 Å². The second-order valence-electron chi connectivity index (χ2n) is 4.93. The molecule has 24 heavy (non-hydrogen) atoms. The van der Waals surface area contributed by atoms with Gasteiger partial charge in [-0.25, -0.2) is 14.4 Å². The summed E-state index contributed by atoms with van der Waals surface area (Å²) >= 11 is 6.03. The van der Waals surface area contributed by atoms with Gasteiger partial charge in [0.1, 0.15) is 11.0 Å². The molecule has 0 spiro atoms. The van der Waals surface area contributed by atoms with E-state index in [2.05, 4.69) is 9.97 Å². The van der Waals surface area contributed by atoms with Crippen molar-refractivity contribution in [3.63, 3.8) is 0 Å². The standard InChI is InChI=1S/C17H9ClF4N2/c18-15-13(10-4-2-1-3-5-10)14(11-6-8-12(19)9-7-11)23-16(24-15)17(20,21)22/h1-9H. The normalized spacial score (nSPS) is 11.5. The van der Waals surface area contributed by atoms with Crippen molar-refractivity contribution in [1.82, 2.24) is 9.97 Å². The molecule has 0 radical (unpaired) electrons. The molecule has 1 heterocycles. The number of alkyl halides is 3. The first kappa shape index (κ1) is 16.4. The number of benzene rings is 2. The van der Waals surface area contributed by atoms with Gasteiger partial charge in [-0.2, -0.15) is 13.2 Å². The average Bonchev–Trinajstić information content (AvgIpc) is 2.55. The highest BCUT2D eigenvalue weighted by Gasteiger charge is 2.36. The quantitative estimate of drug-likeness (QED) is 0.442. The van der Waals surface area contributed by atoms with E-state index in [1.807, 2.05) is 0 Å². The van der Waals surface area contributed by atoms with Gasteiger partial charge < -0.3 is 0 Å². The minimum Gasteiger partial charge on any atom is -0.224 e. The van der Waals surface area contributed by atoms with Crippen molar-refractivity contribution in [3.05, 3.63) is 71.4 Å². The summed E-state index contributed by atoms with van der Waals surface area (Å²) in [6.07, 6.45) is -4.74. The van der Waals surface area contributed by atoms with Crippen LogP contribution < -0.4 is 0 Å². The molecule has 1 aromatic heterocycles. The molecule has 0 fully saturated rings. The lowest BCUT2D eigenvalue weighted by Crippen LogP contribution is -2.12. The molecule has 0 saturated heterocycles. The molecule has 0 N–H and O–H groups in total. The van der Waals surface area contributed by atoms with Crippen molar-refractivity contribution in [1.29, 1.82) is 0 Å². The summed E-state index contributed by atoms with van der Waals surface area (Å²) in [5.41, 5.74) is 1.13. The molecule has 0 amide bonds. The Balaban J connectivity index is 2.30. The van der Waals surface area contributed by atoms with Crippen LogP contribution in [0.5, 0.6) is 0 Å². The number of aromatic nitrogens is 2. The van der Waals surface area contributed by atoms with Crippen LogP contribution in [-0.2, 0) is 6.18 Å². The summed E-state index contributed by atoms with van der Waals surface area (Å²) in [4.78, 5) is 7.02. The maximum atomic E-state index is 13.1. The van der Waals surface area contributed by atoms with Gasteiger partial charge in [0.15, 0.2) is 0 Å². The van der Waals surface area contributed by atoms with Crippen LogP contribution in [0.3, 0.4) is 0 Å². The molecule has 3 aromatic rings. The van der Waals surface area contributed by atoms with Crippen LogP contribution in [-0.4, -0.2) is 9.97 Å². The number of hydrogen-bond acceptors (Lipinski definition) is 2. The largest absolute Gasteiger partial charge is 0.451 e. The molecule has 0 unspecified atom stereocenters. The fourth-order valence-corrected chi connectivity index (χ4v) is 2.52. The highest BCUT2D eigenvalue weighted by atomic mass is 35.5. The van der Waals surface area contributed by atoms with Crippen LogP contribution in [0.1, 0.15) is 5.82 Å². The number of nitrogens with zero attached hydrogens (tertiary/aromatic N) is 2. The maximum absolute atomic E-state index is 13.1. The molecule has 122 valence electrons. The smallest absolute Gasteiger partial charge is 0.224 e. The summed E-state index contributed by atoms with van der Waals surface area (Å²) < 4.78 is 52.2. The van der Waals surface area contributed by atoms with Crippen LogP contribution in [0.4, 0.5) is 17.6 Å². The lowest BCUT2D eigenvalue weighted by Gasteiger charge is -2.14. The molecule has 0 aliphatic heterocycles. The summed E-state index contributed by atoms with van der Waals surface area (Å²) in [6, 6.07) is 13.6. The van der Waals surface area contributed by atoms with Gasteiger partial charge in [-0.3, -0.25) is 0 Å². The molecule has 2 nitrogen and oxygen atoms in total. The van der Waals surface area contributed by atoms with Crippen LogP contribution >= 0.6 is 11.6 Å². The van der Waals surface area contributed by atoms with Crippen molar-refractivity contribution in [2.24, 2.45) is 0 Å². The summed E-state index contributed by atoms with van der Waals surface area (Å²) in [5.74, 6) is -1.84. The highest BCUT2D eigenvalue weighted by molar-refractivity contribution is 6.32. The minimum atomic E-state index is -4.74. The minimum absolute atomic E-state index is 0.00600. The highest BCUT2D eigenvalue weighted by Crippen LogP contribution is 2.38. The Hall–Kier alpha value is -2.47. The van der Waals surface area contributed by atoms with E-state index in [0.29, 0.717) is 11.1 Å². The van der Waals surface area contributed by atoms with Crippen molar-refractivity contribution in [3.8, 4) is 22.4 Å². The first-order valence-electron chi connectivity index (χ1n) is 6.82. The van der Waals surface area contributed by atoms with E-state index >= 15 is 0 Å². The Bertz CT molecular complexity index is 862. The Kier molecular flexibility index (Phi) is 4.24. The number of halogens is 5. The third-order valence-corrected chi connectivity index (χ3v) is 3.57. The molecule has 0 bridgehead atoms. The number of rotatable bonds is 2. The Morgan fingerprint density at radius 2 is 1.42 bits per heavy atom. The zero-order valence-corrected chi connectivity index (χ0v) is 12.7. The van der Waals surface area contributed by atoms with E-state index in [0.717, 1.165) is 12.1 Å². The van der Waals surface area contributed by atoms with Gasteiger partial charge in [0.05, 0.1) is 5.69 Å². The van der Waals surface area contributed by atoms with Gasteiger partial charge in [0.2, 0.25) is 5.82 Å². The van der Waals surface area contributed by atoms with Gasteiger partial charge in [-0.1, -0.05) is 41.9 Å². The van der Waals surface area contributed by atoms with E-state index in [-0.39, 0.29) is 16.4 Å². The Morgan fingerprint density at radius 1 is 0.792 bits per heavy atom. The average molecular weight is 353 g/mol. The Labute approximate surface area is 139 Å². The zero-order chi connectivity index (χ0) is 17.3. The molecule has 0 atom stereocenters. The second kappa shape index (κ2) is 6.20. The summed E-state index contributed by atoms with van der Waals surface area (Å²) in [5, 5.41) is -0.317. The third-order valence-electron chi connectivity index (χ3n) is 3.30. The molecular formula is C17H9ClF4N2. The predicted octanol–water partition coefficient (Wildman–Crippen LogP) is 5.62. The van der Waals surface area contributed by atoms with Crippen LogP contribution in [0, 0.1) is 5.82 Å². The third kappa shape index (κ3) is 3.23. The van der Waals surface area contributed by atoms with E-state index in [1.54, 1.807) is 30.3 Å². The predicted molar refractivity (Wildman–Crippen MR) is 82.9 cm³/mol. The first-order chi connectivity index (χ1) is 11.4. The fraction of sp³-hybridized carbons (Fsp3) is 0.0588. The molecule has 3 rings (SSSR count). The first-order valence-corrected chi connectivity index (χ1v) is 7.20. The molecular weight excluding hydrogens is 344 g/mol. The van der Waals surface area contributed by atoms with Gasteiger partial charge >= 0.3 is 6.18 Å². The Morgan fingerprint density at radius 3 is 2.00 bits per heavy atom.